The Labute approximate surface area is 110 Å². The minimum absolute atomic E-state index is 0.0415. The maximum absolute atomic E-state index is 11.4. The summed E-state index contributed by atoms with van der Waals surface area (Å²) in [7, 11) is -2.81. The van der Waals surface area contributed by atoms with Crippen molar-refractivity contribution >= 4 is 9.84 Å². The molecule has 5 heteroatoms. The molecule has 1 unspecified atom stereocenters. The maximum Gasteiger partial charge on any atom is 0.152 e. The molecule has 2 rings (SSSR count). The van der Waals surface area contributed by atoms with Gasteiger partial charge in [-0.15, -0.1) is 0 Å². The Morgan fingerprint density at radius 1 is 1.11 bits per heavy atom. The molecule has 2 fully saturated rings. The van der Waals surface area contributed by atoms with Crippen molar-refractivity contribution in [2.24, 2.45) is 0 Å². The van der Waals surface area contributed by atoms with Gasteiger partial charge in [0.2, 0.25) is 0 Å². The van der Waals surface area contributed by atoms with Crippen molar-refractivity contribution < 1.29 is 13.2 Å². The molecule has 1 saturated carbocycles. The first kappa shape index (κ1) is 14.3. The van der Waals surface area contributed by atoms with E-state index in [4.69, 9.17) is 4.74 Å². The molecule has 0 amide bonds. The third-order valence-electron chi connectivity index (χ3n) is 3.93. The molecule has 4 nitrogen and oxygen atoms in total. The minimum atomic E-state index is -2.81. The molecule has 0 aromatic rings. The molecule has 0 aromatic heterocycles. The minimum Gasteiger partial charge on any atom is -0.374 e. The zero-order valence-corrected chi connectivity index (χ0v) is 12.0. The summed E-state index contributed by atoms with van der Waals surface area (Å²) in [6.07, 6.45) is 6.56. The van der Waals surface area contributed by atoms with Crippen LogP contribution in [0.15, 0.2) is 0 Å². The fourth-order valence-corrected chi connectivity index (χ4v) is 4.49. The van der Waals surface area contributed by atoms with Gasteiger partial charge in [0.15, 0.2) is 9.84 Å². The predicted molar refractivity (Wildman–Crippen MR) is 72.5 cm³/mol. The Balaban J connectivity index is 1.68. The van der Waals surface area contributed by atoms with Gasteiger partial charge in [0, 0.05) is 6.04 Å². The van der Waals surface area contributed by atoms with Crippen molar-refractivity contribution in [3.63, 3.8) is 0 Å². The van der Waals surface area contributed by atoms with Gasteiger partial charge in [-0.05, 0) is 45.1 Å². The van der Waals surface area contributed by atoms with E-state index in [0.29, 0.717) is 18.2 Å². The molecular weight excluding hydrogens is 250 g/mol. The van der Waals surface area contributed by atoms with E-state index in [9.17, 15) is 8.42 Å². The molecule has 0 spiro atoms. The van der Waals surface area contributed by atoms with E-state index in [-0.39, 0.29) is 18.0 Å². The second-order valence-corrected chi connectivity index (χ2v) is 7.82. The molecule has 1 aliphatic carbocycles. The highest BCUT2D eigenvalue weighted by atomic mass is 32.2. The van der Waals surface area contributed by atoms with Gasteiger partial charge in [-0.25, -0.2) is 8.42 Å². The van der Waals surface area contributed by atoms with E-state index in [1.54, 1.807) is 0 Å². The lowest BCUT2D eigenvalue weighted by Gasteiger charge is -2.30. The summed E-state index contributed by atoms with van der Waals surface area (Å²) in [4.78, 5) is 0. The van der Waals surface area contributed by atoms with E-state index in [2.05, 4.69) is 12.2 Å². The quantitative estimate of drug-likeness (QED) is 0.826. The van der Waals surface area contributed by atoms with Crippen LogP contribution in [0, 0.1) is 0 Å². The van der Waals surface area contributed by atoms with Crippen LogP contribution in [-0.2, 0) is 14.6 Å². The van der Waals surface area contributed by atoms with Crippen LogP contribution in [0.1, 0.15) is 45.4 Å². The van der Waals surface area contributed by atoms with Gasteiger partial charge in [0.25, 0.3) is 0 Å². The van der Waals surface area contributed by atoms with Gasteiger partial charge < -0.3 is 10.1 Å². The summed E-state index contributed by atoms with van der Waals surface area (Å²) < 4.78 is 28.7. The van der Waals surface area contributed by atoms with E-state index in [0.717, 1.165) is 32.2 Å². The largest absolute Gasteiger partial charge is 0.374 e. The van der Waals surface area contributed by atoms with Crippen molar-refractivity contribution in [1.82, 2.24) is 5.32 Å². The van der Waals surface area contributed by atoms with Crippen molar-refractivity contribution in [3.05, 3.63) is 0 Å². The van der Waals surface area contributed by atoms with Crippen LogP contribution < -0.4 is 5.32 Å². The van der Waals surface area contributed by atoms with Crippen LogP contribution in [0.5, 0.6) is 0 Å². The lowest BCUT2D eigenvalue weighted by molar-refractivity contribution is -0.0210. The second kappa shape index (κ2) is 6.35. The number of hydrogen-bond acceptors (Lipinski definition) is 4. The highest BCUT2D eigenvalue weighted by Crippen LogP contribution is 2.25. The van der Waals surface area contributed by atoms with Crippen molar-refractivity contribution in [2.45, 2.75) is 63.7 Å². The third-order valence-corrected chi connectivity index (χ3v) is 5.67. The highest BCUT2D eigenvalue weighted by Gasteiger charge is 2.31. The lowest BCUT2D eigenvalue weighted by atomic mass is 9.92. The third kappa shape index (κ3) is 4.21. The van der Waals surface area contributed by atoms with Crippen molar-refractivity contribution in [2.75, 3.05) is 18.1 Å². The summed E-state index contributed by atoms with van der Waals surface area (Å²) in [5.74, 6) is 0.548. The van der Waals surface area contributed by atoms with Gasteiger partial charge in [-0.1, -0.05) is 6.92 Å². The monoisotopic (exact) mass is 275 g/mol. The first-order valence-corrected chi connectivity index (χ1v) is 9.00. The molecule has 1 aliphatic heterocycles. The Kier molecular flexibility index (Phi) is 5.04. The van der Waals surface area contributed by atoms with Crippen LogP contribution in [0.25, 0.3) is 0 Å². The number of hydrogen-bond donors (Lipinski definition) is 1. The topological polar surface area (TPSA) is 55.4 Å². The van der Waals surface area contributed by atoms with Gasteiger partial charge in [0.1, 0.15) is 0 Å². The number of sulfone groups is 1. The normalized spacial score (nSPS) is 35.7. The summed E-state index contributed by atoms with van der Waals surface area (Å²) in [5, 5.41) is 3.55. The predicted octanol–water partition coefficient (Wildman–Crippen LogP) is 1.50. The van der Waals surface area contributed by atoms with E-state index < -0.39 is 9.84 Å². The fourth-order valence-electron chi connectivity index (χ4n) is 2.89. The number of ether oxygens (including phenoxy) is 1. The van der Waals surface area contributed by atoms with Gasteiger partial charge >= 0.3 is 0 Å². The molecule has 0 aromatic carbocycles. The number of nitrogens with one attached hydrogen (secondary N) is 1. The molecule has 18 heavy (non-hydrogen) atoms. The van der Waals surface area contributed by atoms with Crippen molar-refractivity contribution in [3.8, 4) is 0 Å². The van der Waals surface area contributed by atoms with E-state index in [1.807, 2.05) is 0 Å². The molecular formula is C13H25NO3S. The molecule has 1 saturated heterocycles. The Bertz CT molecular complexity index is 347. The molecule has 0 bridgehead atoms. The Morgan fingerprint density at radius 3 is 2.39 bits per heavy atom. The van der Waals surface area contributed by atoms with Gasteiger partial charge in [0.05, 0.1) is 23.7 Å². The standard InChI is InChI=1S/C13H25NO3S/c1-2-8-14-11-3-5-12(6-4-11)17-13-7-9-18(15,16)10-13/h11-14H,2-10H2,1H3. The summed E-state index contributed by atoms with van der Waals surface area (Å²) in [6, 6.07) is 0.636. The summed E-state index contributed by atoms with van der Waals surface area (Å²) in [5.41, 5.74) is 0. The zero-order chi connectivity index (χ0) is 13.0. The first-order chi connectivity index (χ1) is 8.59. The molecule has 1 N–H and O–H groups in total. The van der Waals surface area contributed by atoms with Crippen LogP contribution >= 0.6 is 0 Å². The second-order valence-electron chi connectivity index (χ2n) is 5.59. The smallest absolute Gasteiger partial charge is 0.152 e. The molecule has 0 radical (unpaired) electrons. The highest BCUT2D eigenvalue weighted by molar-refractivity contribution is 7.91. The maximum atomic E-state index is 11.4. The molecule has 106 valence electrons. The van der Waals surface area contributed by atoms with Crippen LogP contribution in [0.4, 0.5) is 0 Å². The average molecular weight is 275 g/mol. The van der Waals surface area contributed by atoms with Gasteiger partial charge in [-0.2, -0.15) is 0 Å². The molecule has 1 heterocycles. The summed E-state index contributed by atoms with van der Waals surface area (Å²) in [6.45, 7) is 3.28. The van der Waals surface area contributed by atoms with E-state index in [1.165, 1.54) is 6.42 Å². The Hall–Kier alpha value is -0.130. The van der Waals surface area contributed by atoms with Crippen LogP contribution in [0.3, 0.4) is 0 Å². The zero-order valence-electron chi connectivity index (χ0n) is 11.2. The number of rotatable bonds is 5. The van der Waals surface area contributed by atoms with E-state index >= 15 is 0 Å². The molecule has 2 aliphatic rings. The fraction of sp³-hybridized carbons (Fsp3) is 1.00. The van der Waals surface area contributed by atoms with Crippen LogP contribution in [0.2, 0.25) is 0 Å². The van der Waals surface area contributed by atoms with Crippen LogP contribution in [-0.4, -0.2) is 44.7 Å². The first-order valence-electron chi connectivity index (χ1n) is 7.18. The summed E-state index contributed by atoms with van der Waals surface area (Å²) >= 11 is 0. The average Bonchev–Trinajstić information content (AvgIpc) is 2.68. The Morgan fingerprint density at radius 2 is 1.83 bits per heavy atom. The van der Waals surface area contributed by atoms with Crippen molar-refractivity contribution in [1.29, 1.82) is 0 Å². The lowest BCUT2D eigenvalue weighted by Crippen LogP contribution is -2.37. The SMILES string of the molecule is CCCNC1CCC(OC2CCS(=O)(=O)C2)CC1. The molecule has 1 atom stereocenters. The van der Waals surface area contributed by atoms with Gasteiger partial charge in [-0.3, -0.25) is 0 Å².